The van der Waals surface area contributed by atoms with Gasteiger partial charge in [-0.1, -0.05) is 44.2 Å². The van der Waals surface area contributed by atoms with Gasteiger partial charge in [0.25, 0.3) is 0 Å². The van der Waals surface area contributed by atoms with Crippen molar-refractivity contribution in [3.8, 4) is 0 Å². The molecule has 0 aliphatic heterocycles. The molecule has 0 unspecified atom stereocenters. The summed E-state index contributed by atoms with van der Waals surface area (Å²) in [4.78, 5) is 11.6. The van der Waals surface area contributed by atoms with Gasteiger partial charge in [0.15, 0.2) is 0 Å². The highest BCUT2D eigenvalue weighted by molar-refractivity contribution is 6.30. The van der Waals surface area contributed by atoms with Crippen LogP contribution in [0.15, 0.2) is 24.3 Å². The Bertz CT molecular complexity index is 431. The lowest BCUT2D eigenvalue weighted by Gasteiger charge is -2.08. The highest BCUT2D eigenvalue weighted by atomic mass is 35.5. The Balaban J connectivity index is 2.21. The zero-order valence-corrected chi connectivity index (χ0v) is 12.6. The molecule has 0 aliphatic rings. The van der Waals surface area contributed by atoms with Crippen molar-refractivity contribution in [1.82, 2.24) is 5.32 Å². The minimum atomic E-state index is -0.383. The van der Waals surface area contributed by atoms with Crippen molar-refractivity contribution in [3.63, 3.8) is 0 Å². The number of hydrogen-bond donors (Lipinski definition) is 3. The van der Waals surface area contributed by atoms with Crippen molar-refractivity contribution in [2.75, 3.05) is 5.32 Å². The first-order chi connectivity index (χ1) is 9.61. The molecule has 4 nitrogen and oxygen atoms in total. The van der Waals surface area contributed by atoms with E-state index in [-0.39, 0.29) is 11.9 Å². The molecule has 0 bridgehead atoms. The molecule has 0 saturated heterocycles. The van der Waals surface area contributed by atoms with Gasteiger partial charge < -0.3 is 5.32 Å². The van der Waals surface area contributed by atoms with E-state index in [1.165, 1.54) is 19.3 Å². The molecule has 20 heavy (non-hydrogen) atoms. The van der Waals surface area contributed by atoms with Crippen LogP contribution < -0.4 is 10.6 Å². The first-order valence-electron chi connectivity index (χ1n) is 7.03. The maximum atomic E-state index is 11.6. The van der Waals surface area contributed by atoms with Gasteiger partial charge in [-0.25, -0.2) is 4.79 Å². The monoisotopic (exact) mass is 295 g/mol. The fourth-order valence-electron chi connectivity index (χ4n) is 1.80. The minimum Gasteiger partial charge on any atom is -0.308 e. The lowest BCUT2D eigenvalue weighted by atomic mass is 10.1. The average molecular weight is 296 g/mol. The van der Waals surface area contributed by atoms with Gasteiger partial charge in [0.05, 0.1) is 0 Å². The van der Waals surface area contributed by atoms with Crippen LogP contribution in [0.3, 0.4) is 0 Å². The lowest BCUT2D eigenvalue weighted by molar-refractivity contribution is 0.256. The number of carbonyl (C=O) groups excluding carboxylic acids is 1. The maximum Gasteiger partial charge on any atom is 0.324 e. The zero-order valence-electron chi connectivity index (χ0n) is 11.8. The predicted octanol–water partition coefficient (Wildman–Crippen LogP) is 4.80. The predicted molar refractivity (Wildman–Crippen MR) is 84.7 cm³/mol. The minimum absolute atomic E-state index is 0.257. The van der Waals surface area contributed by atoms with E-state index in [4.69, 9.17) is 17.0 Å². The van der Waals surface area contributed by atoms with Gasteiger partial charge in [-0.05, 0) is 30.7 Å². The van der Waals surface area contributed by atoms with Gasteiger partial charge in [0.1, 0.15) is 5.84 Å². The van der Waals surface area contributed by atoms with E-state index in [1.54, 1.807) is 24.3 Å². The van der Waals surface area contributed by atoms with Gasteiger partial charge in [0.2, 0.25) is 0 Å². The third kappa shape index (κ3) is 7.14. The van der Waals surface area contributed by atoms with E-state index in [2.05, 4.69) is 17.6 Å². The second kappa shape index (κ2) is 9.37. The summed E-state index contributed by atoms with van der Waals surface area (Å²) in [5.74, 6) is 0.257. The Labute approximate surface area is 125 Å². The number of nitrogens with one attached hydrogen (secondary N) is 3. The van der Waals surface area contributed by atoms with Crippen LogP contribution in [0.1, 0.15) is 45.4 Å². The third-order valence-corrected chi connectivity index (χ3v) is 3.15. The molecule has 2 amide bonds. The Kier molecular flexibility index (Phi) is 7.73. The van der Waals surface area contributed by atoms with Crippen LogP contribution in [0.5, 0.6) is 0 Å². The summed E-state index contributed by atoms with van der Waals surface area (Å²) in [6.07, 6.45) is 6.30. The number of benzene rings is 1. The van der Waals surface area contributed by atoms with Crippen LogP contribution in [0.4, 0.5) is 10.5 Å². The Morgan fingerprint density at radius 2 is 1.80 bits per heavy atom. The summed E-state index contributed by atoms with van der Waals surface area (Å²) in [5.41, 5.74) is 0.655. The van der Waals surface area contributed by atoms with Crippen LogP contribution in [0, 0.1) is 5.41 Å². The van der Waals surface area contributed by atoms with E-state index in [9.17, 15) is 4.79 Å². The van der Waals surface area contributed by atoms with E-state index < -0.39 is 0 Å². The topological polar surface area (TPSA) is 65.0 Å². The van der Waals surface area contributed by atoms with E-state index in [1.807, 2.05) is 0 Å². The van der Waals surface area contributed by atoms with Crippen molar-refractivity contribution in [2.24, 2.45) is 0 Å². The highest BCUT2D eigenvalue weighted by Crippen LogP contribution is 2.13. The summed E-state index contributed by atoms with van der Waals surface area (Å²) >= 11 is 5.76. The smallest absolute Gasteiger partial charge is 0.308 e. The Hall–Kier alpha value is -1.55. The number of amidine groups is 1. The fourth-order valence-corrected chi connectivity index (χ4v) is 1.93. The van der Waals surface area contributed by atoms with Gasteiger partial charge in [0, 0.05) is 17.1 Å². The molecule has 1 rings (SSSR count). The largest absolute Gasteiger partial charge is 0.324 e. The van der Waals surface area contributed by atoms with E-state index >= 15 is 0 Å². The normalized spacial score (nSPS) is 10.1. The Morgan fingerprint density at radius 3 is 2.45 bits per heavy atom. The number of carbonyl (C=O) groups is 1. The summed E-state index contributed by atoms with van der Waals surface area (Å²) in [6, 6.07) is 6.46. The molecule has 0 aliphatic carbocycles. The first kappa shape index (κ1) is 16.5. The molecule has 0 heterocycles. The van der Waals surface area contributed by atoms with E-state index in [0.717, 1.165) is 12.8 Å². The van der Waals surface area contributed by atoms with Gasteiger partial charge in [-0.15, -0.1) is 0 Å². The highest BCUT2D eigenvalue weighted by Gasteiger charge is 2.04. The van der Waals surface area contributed by atoms with Crippen LogP contribution >= 0.6 is 11.6 Å². The van der Waals surface area contributed by atoms with Gasteiger partial charge in [-0.2, -0.15) is 0 Å². The molecule has 0 atom stereocenters. The van der Waals surface area contributed by atoms with Crippen LogP contribution in [-0.4, -0.2) is 11.9 Å². The number of urea groups is 1. The van der Waals surface area contributed by atoms with Crippen molar-refractivity contribution >= 4 is 29.2 Å². The Morgan fingerprint density at radius 1 is 1.15 bits per heavy atom. The number of anilines is 1. The maximum absolute atomic E-state index is 11.6. The van der Waals surface area contributed by atoms with Crippen LogP contribution in [0.2, 0.25) is 5.02 Å². The molecule has 0 saturated carbocycles. The van der Waals surface area contributed by atoms with Crippen molar-refractivity contribution in [1.29, 1.82) is 5.41 Å². The number of amides is 2. The quantitative estimate of drug-likeness (QED) is 0.377. The molecule has 5 heteroatoms. The van der Waals surface area contributed by atoms with Crippen LogP contribution in [0.25, 0.3) is 0 Å². The average Bonchev–Trinajstić information content (AvgIpc) is 2.41. The number of hydrogen-bond acceptors (Lipinski definition) is 2. The summed E-state index contributed by atoms with van der Waals surface area (Å²) in [6.45, 7) is 2.17. The molecule has 110 valence electrons. The second-order valence-corrected chi connectivity index (χ2v) is 5.17. The summed E-state index contributed by atoms with van der Waals surface area (Å²) in [7, 11) is 0. The summed E-state index contributed by atoms with van der Waals surface area (Å²) in [5, 5.41) is 13.5. The lowest BCUT2D eigenvalue weighted by Crippen LogP contribution is -2.33. The van der Waals surface area contributed by atoms with Gasteiger partial charge in [-0.3, -0.25) is 10.7 Å². The van der Waals surface area contributed by atoms with Gasteiger partial charge >= 0.3 is 6.03 Å². The second-order valence-electron chi connectivity index (χ2n) is 4.73. The molecule has 1 aromatic rings. The molecule has 0 aromatic heterocycles. The number of halogens is 1. The molecule has 0 fully saturated rings. The molecular weight excluding hydrogens is 274 g/mol. The standard InChI is InChI=1S/C15H22ClN3O/c1-2-3-4-5-6-7-14(17)19-15(20)18-13-10-8-12(16)9-11-13/h8-11H,2-7H2,1H3,(H3,17,18,19,20). The molecule has 0 radical (unpaired) electrons. The van der Waals surface area contributed by atoms with Crippen molar-refractivity contribution in [2.45, 2.75) is 45.4 Å². The zero-order chi connectivity index (χ0) is 14.8. The van der Waals surface area contributed by atoms with Crippen molar-refractivity contribution in [3.05, 3.63) is 29.3 Å². The SMILES string of the molecule is CCCCCCCC(=N)NC(=O)Nc1ccc(Cl)cc1. The first-order valence-corrected chi connectivity index (χ1v) is 7.40. The number of unbranched alkanes of at least 4 members (excludes halogenated alkanes) is 4. The molecule has 3 N–H and O–H groups in total. The van der Waals surface area contributed by atoms with Crippen molar-refractivity contribution < 1.29 is 4.79 Å². The van der Waals surface area contributed by atoms with E-state index in [0.29, 0.717) is 17.1 Å². The molecule has 1 aromatic carbocycles. The summed E-state index contributed by atoms with van der Waals surface area (Å²) < 4.78 is 0. The third-order valence-electron chi connectivity index (χ3n) is 2.90. The number of rotatable bonds is 7. The van der Waals surface area contributed by atoms with Crippen LogP contribution in [-0.2, 0) is 0 Å². The molecular formula is C15H22ClN3O. The molecule has 0 spiro atoms. The fraction of sp³-hybridized carbons (Fsp3) is 0.467.